The van der Waals surface area contributed by atoms with Crippen LogP contribution in [-0.4, -0.2) is 34.1 Å². The van der Waals surface area contributed by atoms with E-state index in [4.69, 9.17) is 0 Å². The molecule has 8 heteroatoms. The Kier molecular flexibility index (Phi) is 4.31. The van der Waals surface area contributed by atoms with Gasteiger partial charge in [0.05, 0.1) is 5.56 Å². The normalized spacial score (nSPS) is 18.7. The Morgan fingerprint density at radius 1 is 1.09 bits per heavy atom. The molecule has 2 aromatic rings. The number of halogens is 3. The summed E-state index contributed by atoms with van der Waals surface area (Å²) in [4.78, 5) is 14.2. The number of aromatic nitrogens is 3. The van der Waals surface area contributed by atoms with Gasteiger partial charge in [-0.15, -0.1) is 0 Å². The van der Waals surface area contributed by atoms with Gasteiger partial charge in [-0.3, -0.25) is 0 Å². The maximum atomic E-state index is 13.0. The van der Waals surface area contributed by atoms with Crippen LogP contribution in [-0.2, 0) is 6.18 Å². The molecule has 0 saturated carbocycles. The van der Waals surface area contributed by atoms with Gasteiger partial charge in [-0.05, 0) is 31.0 Å². The smallest absolute Gasteiger partial charge is 0.365 e. The Morgan fingerprint density at radius 3 is 2.57 bits per heavy atom. The van der Waals surface area contributed by atoms with E-state index in [2.05, 4.69) is 20.3 Å². The highest BCUT2D eigenvalue weighted by atomic mass is 19.4. The average molecular weight is 323 g/mol. The van der Waals surface area contributed by atoms with Crippen LogP contribution >= 0.6 is 0 Å². The zero-order valence-corrected chi connectivity index (χ0v) is 12.3. The molecule has 1 saturated heterocycles. The van der Waals surface area contributed by atoms with Crippen LogP contribution in [0.4, 0.5) is 24.9 Å². The van der Waals surface area contributed by atoms with Gasteiger partial charge in [0.1, 0.15) is 5.82 Å². The molecular weight excluding hydrogens is 307 g/mol. The summed E-state index contributed by atoms with van der Waals surface area (Å²) >= 11 is 0. The van der Waals surface area contributed by atoms with E-state index >= 15 is 0 Å². The van der Waals surface area contributed by atoms with Crippen molar-refractivity contribution in [3.05, 3.63) is 42.4 Å². The Morgan fingerprint density at radius 2 is 1.83 bits per heavy atom. The molecule has 0 aromatic carbocycles. The summed E-state index contributed by atoms with van der Waals surface area (Å²) in [7, 11) is 0. The first kappa shape index (κ1) is 15.5. The minimum Gasteiger partial charge on any atom is -0.365 e. The molecule has 1 unspecified atom stereocenters. The summed E-state index contributed by atoms with van der Waals surface area (Å²) in [6.07, 6.45) is 1.87. The van der Waals surface area contributed by atoms with Gasteiger partial charge in [0.25, 0.3) is 0 Å². The number of piperidine rings is 1. The number of pyridine rings is 1. The quantitative estimate of drug-likeness (QED) is 0.941. The van der Waals surface area contributed by atoms with Crippen molar-refractivity contribution in [3.8, 4) is 0 Å². The fourth-order valence-corrected chi connectivity index (χ4v) is 2.67. The molecule has 0 aliphatic carbocycles. The maximum absolute atomic E-state index is 13.0. The van der Waals surface area contributed by atoms with Gasteiger partial charge >= 0.3 is 6.18 Å². The van der Waals surface area contributed by atoms with Crippen molar-refractivity contribution < 1.29 is 13.2 Å². The van der Waals surface area contributed by atoms with Crippen molar-refractivity contribution in [1.82, 2.24) is 15.0 Å². The number of alkyl halides is 3. The molecule has 1 aliphatic rings. The molecule has 0 radical (unpaired) electrons. The second-order valence-electron chi connectivity index (χ2n) is 5.38. The van der Waals surface area contributed by atoms with E-state index in [1.807, 2.05) is 4.90 Å². The summed E-state index contributed by atoms with van der Waals surface area (Å²) in [5.74, 6) is 0.469. The van der Waals surface area contributed by atoms with E-state index < -0.39 is 11.7 Å². The molecular formula is C15H16F3N5. The van der Waals surface area contributed by atoms with Gasteiger partial charge in [-0.25, -0.2) is 15.0 Å². The largest absolute Gasteiger partial charge is 0.419 e. The van der Waals surface area contributed by atoms with Crippen LogP contribution in [0.15, 0.2) is 36.8 Å². The van der Waals surface area contributed by atoms with E-state index in [0.717, 1.165) is 25.5 Å². The monoisotopic (exact) mass is 323 g/mol. The molecule has 3 rings (SSSR count). The molecule has 122 valence electrons. The molecule has 1 aliphatic heterocycles. The first-order valence-electron chi connectivity index (χ1n) is 7.35. The predicted octanol–water partition coefficient (Wildman–Crippen LogP) is 2.97. The van der Waals surface area contributed by atoms with Crippen molar-refractivity contribution >= 4 is 11.8 Å². The summed E-state index contributed by atoms with van der Waals surface area (Å²) in [5.41, 5.74) is -0.743. The van der Waals surface area contributed by atoms with Crippen LogP contribution in [0.1, 0.15) is 18.4 Å². The first-order valence-corrected chi connectivity index (χ1v) is 7.35. The summed E-state index contributed by atoms with van der Waals surface area (Å²) in [5, 5.41) is 2.93. The number of nitrogens with zero attached hydrogens (tertiary/aromatic N) is 4. The highest BCUT2D eigenvalue weighted by Crippen LogP contribution is 2.34. The standard InChI is InChI=1S/C15H16F3N5/c16-15(17,18)12-5-1-6-19-13(12)22-11-4-2-9-23(10-11)14-20-7-3-8-21-14/h1,3,5-8,11H,2,4,9-10H2,(H,19,22). The van der Waals surface area contributed by atoms with Crippen LogP contribution in [0.25, 0.3) is 0 Å². The molecule has 1 fully saturated rings. The van der Waals surface area contributed by atoms with Gasteiger partial charge in [0.2, 0.25) is 5.95 Å². The van der Waals surface area contributed by atoms with Crippen LogP contribution in [0.3, 0.4) is 0 Å². The van der Waals surface area contributed by atoms with Gasteiger partial charge < -0.3 is 10.2 Å². The lowest BCUT2D eigenvalue weighted by atomic mass is 10.1. The third-order valence-corrected chi connectivity index (χ3v) is 3.71. The number of hydrogen-bond donors (Lipinski definition) is 1. The van der Waals surface area contributed by atoms with E-state index in [-0.39, 0.29) is 11.9 Å². The zero-order chi connectivity index (χ0) is 16.3. The summed E-state index contributed by atoms with van der Waals surface area (Å²) in [6.45, 7) is 1.33. The molecule has 23 heavy (non-hydrogen) atoms. The first-order chi connectivity index (χ1) is 11.0. The van der Waals surface area contributed by atoms with E-state index in [1.54, 1.807) is 18.5 Å². The van der Waals surface area contributed by atoms with Crippen molar-refractivity contribution in [2.24, 2.45) is 0 Å². The number of hydrogen-bond acceptors (Lipinski definition) is 5. The fourth-order valence-electron chi connectivity index (χ4n) is 2.67. The second kappa shape index (κ2) is 6.39. The third-order valence-electron chi connectivity index (χ3n) is 3.71. The summed E-state index contributed by atoms with van der Waals surface area (Å²) in [6, 6.07) is 3.92. The minimum atomic E-state index is -4.42. The van der Waals surface area contributed by atoms with Crippen molar-refractivity contribution in [3.63, 3.8) is 0 Å². The lowest BCUT2D eigenvalue weighted by Crippen LogP contribution is -2.43. The molecule has 0 bridgehead atoms. The Labute approximate surface area is 131 Å². The van der Waals surface area contributed by atoms with E-state index in [9.17, 15) is 13.2 Å². The molecule has 1 atom stereocenters. The van der Waals surface area contributed by atoms with Crippen LogP contribution in [0.5, 0.6) is 0 Å². The second-order valence-corrected chi connectivity index (χ2v) is 5.38. The molecule has 0 spiro atoms. The molecule has 2 aromatic heterocycles. The molecule has 3 heterocycles. The predicted molar refractivity (Wildman–Crippen MR) is 80.1 cm³/mol. The summed E-state index contributed by atoms with van der Waals surface area (Å²) < 4.78 is 39.1. The topological polar surface area (TPSA) is 53.9 Å². The highest BCUT2D eigenvalue weighted by Gasteiger charge is 2.35. The van der Waals surface area contributed by atoms with E-state index in [1.165, 1.54) is 12.3 Å². The molecule has 5 nitrogen and oxygen atoms in total. The highest BCUT2D eigenvalue weighted by molar-refractivity contribution is 5.47. The maximum Gasteiger partial charge on any atom is 0.419 e. The lowest BCUT2D eigenvalue weighted by Gasteiger charge is -2.33. The minimum absolute atomic E-state index is 0.124. The van der Waals surface area contributed by atoms with Gasteiger partial charge in [-0.2, -0.15) is 13.2 Å². The zero-order valence-electron chi connectivity index (χ0n) is 12.3. The average Bonchev–Trinajstić information content (AvgIpc) is 2.55. The SMILES string of the molecule is FC(F)(F)c1cccnc1NC1CCCN(c2ncccn2)C1. The number of nitrogens with one attached hydrogen (secondary N) is 1. The van der Waals surface area contributed by atoms with Gasteiger partial charge in [-0.1, -0.05) is 0 Å². The Hall–Kier alpha value is -2.38. The van der Waals surface area contributed by atoms with Crippen LogP contribution in [0.2, 0.25) is 0 Å². The van der Waals surface area contributed by atoms with Crippen molar-refractivity contribution in [2.75, 3.05) is 23.3 Å². The molecule has 1 N–H and O–H groups in total. The van der Waals surface area contributed by atoms with Crippen LogP contribution < -0.4 is 10.2 Å². The number of rotatable bonds is 3. The van der Waals surface area contributed by atoms with Gasteiger partial charge in [0, 0.05) is 37.7 Å². The third kappa shape index (κ3) is 3.69. The molecule has 0 amide bonds. The fraction of sp³-hybridized carbons (Fsp3) is 0.400. The van der Waals surface area contributed by atoms with Crippen LogP contribution in [0, 0.1) is 0 Å². The Balaban J connectivity index is 1.74. The van der Waals surface area contributed by atoms with Crippen molar-refractivity contribution in [2.45, 2.75) is 25.1 Å². The lowest BCUT2D eigenvalue weighted by molar-refractivity contribution is -0.137. The van der Waals surface area contributed by atoms with Crippen molar-refractivity contribution in [1.29, 1.82) is 0 Å². The van der Waals surface area contributed by atoms with E-state index in [0.29, 0.717) is 12.5 Å². The Bertz CT molecular complexity index is 647. The number of anilines is 2. The van der Waals surface area contributed by atoms with Gasteiger partial charge in [0.15, 0.2) is 0 Å².